The summed E-state index contributed by atoms with van der Waals surface area (Å²) in [6.45, 7) is 0. The van der Waals surface area contributed by atoms with Crippen molar-refractivity contribution in [3.8, 4) is 0 Å². The van der Waals surface area contributed by atoms with Crippen molar-refractivity contribution in [3.63, 3.8) is 0 Å². The van der Waals surface area contributed by atoms with E-state index in [4.69, 9.17) is 10.5 Å². The first kappa shape index (κ1) is 10.4. The molecule has 0 saturated heterocycles. The lowest BCUT2D eigenvalue weighted by molar-refractivity contribution is 0.0786. The molecule has 1 fully saturated rings. The molecule has 1 aliphatic carbocycles. The number of rotatable bonds is 2. The van der Waals surface area contributed by atoms with Gasteiger partial charge in [0.25, 0.3) is 0 Å². The molecule has 0 aliphatic heterocycles. The van der Waals surface area contributed by atoms with Crippen LogP contribution >= 0.6 is 11.3 Å². The molecule has 2 N–H and O–H groups in total. The van der Waals surface area contributed by atoms with Gasteiger partial charge in [-0.15, -0.1) is 21.5 Å². The van der Waals surface area contributed by atoms with Gasteiger partial charge in [0.1, 0.15) is 16.6 Å². The van der Waals surface area contributed by atoms with Crippen LogP contribution in [-0.2, 0) is 4.74 Å². The SMILES string of the molecule is NC(=O)O[C@H]1CC[C@H](c2nncs2)CC1. The van der Waals surface area contributed by atoms with Crippen LogP contribution in [0.2, 0.25) is 0 Å². The molecule has 0 spiro atoms. The van der Waals surface area contributed by atoms with Crippen LogP contribution in [0, 0.1) is 0 Å². The van der Waals surface area contributed by atoms with Gasteiger partial charge in [-0.3, -0.25) is 0 Å². The minimum atomic E-state index is -0.672. The lowest BCUT2D eigenvalue weighted by Crippen LogP contribution is -2.26. The first-order valence-corrected chi connectivity index (χ1v) is 5.86. The highest BCUT2D eigenvalue weighted by Crippen LogP contribution is 2.34. The molecule has 82 valence electrons. The number of carbonyl (C=O) groups is 1. The predicted octanol–water partition coefficient (Wildman–Crippen LogP) is 1.66. The highest BCUT2D eigenvalue weighted by Gasteiger charge is 2.25. The van der Waals surface area contributed by atoms with Crippen molar-refractivity contribution in [1.82, 2.24) is 10.2 Å². The van der Waals surface area contributed by atoms with Crippen LogP contribution in [0.4, 0.5) is 4.79 Å². The number of primary amides is 1. The molecule has 1 aliphatic rings. The summed E-state index contributed by atoms with van der Waals surface area (Å²) in [5.74, 6) is 0.477. The maximum atomic E-state index is 10.6. The van der Waals surface area contributed by atoms with E-state index in [1.54, 1.807) is 16.8 Å². The number of amides is 1. The summed E-state index contributed by atoms with van der Waals surface area (Å²) in [6, 6.07) is 0. The van der Waals surface area contributed by atoms with E-state index in [0.717, 1.165) is 30.7 Å². The van der Waals surface area contributed by atoms with E-state index in [-0.39, 0.29) is 6.10 Å². The Morgan fingerprint density at radius 1 is 1.47 bits per heavy atom. The number of hydrogen-bond acceptors (Lipinski definition) is 5. The molecular weight excluding hydrogens is 214 g/mol. The van der Waals surface area contributed by atoms with Crippen LogP contribution < -0.4 is 5.73 Å². The molecule has 0 atom stereocenters. The Kier molecular flexibility index (Phi) is 3.15. The van der Waals surface area contributed by atoms with E-state index >= 15 is 0 Å². The average molecular weight is 227 g/mol. The third-order valence-electron chi connectivity index (χ3n) is 2.68. The lowest BCUT2D eigenvalue weighted by atomic mass is 9.88. The standard InChI is InChI=1S/C9H13N3O2S/c10-9(13)14-7-3-1-6(2-4-7)8-12-11-5-15-8/h5-7H,1-4H2,(H2,10,13)/t6-,7-. The number of ether oxygens (including phenoxy) is 1. The highest BCUT2D eigenvalue weighted by molar-refractivity contribution is 7.09. The number of carbonyl (C=O) groups excluding carboxylic acids is 1. The molecule has 1 heterocycles. The Morgan fingerprint density at radius 2 is 2.20 bits per heavy atom. The van der Waals surface area contributed by atoms with Crippen LogP contribution in [0.15, 0.2) is 5.51 Å². The molecule has 6 heteroatoms. The van der Waals surface area contributed by atoms with Crippen molar-refractivity contribution in [2.45, 2.75) is 37.7 Å². The predicted molar refractivity (Wildman–Crippen MR) is 55.6 cm³/mol. The second-order valence-electron chi connectivity index (χ2n) is 3.69. The van der Waals surface area contributed by atoms with Gasteiger partial charge in [0.05, 0.1) is 0 Å². The first-order chi connectivity index (χ1) is 7.25. The van der Waals surface area contributed by atoms with Crippen LogP contribution in [0.3, 0.4) is 0 Å². The molecular formula is C9H13N3O2S. The number of nitrogens with two attached hydrogens (primary N) is 1. The maximum absolute atomic E-state index is 10.6. The summed E-state index contributed by atoms with van der Waals surface area (Å²) in [5.41, 5.74) is 6.72. The summed E-state index contributed by atoms with van der Waals surface area (Å²) in [5, 5.41) is 8.98. The Bertz CT molecular complexity index is 320. The number of nitrogens with zero attached hydrogens (tertiary/aromatic N) is 2. The van der Waals surface area contributed by atoms with Gasteiger partial charge in [-0.1, -0.05) is 0 Å². The summed E-state index contributed by atoms with van der Waals surface area (Å²) in [4.78, 5) is 10.6. The molecule has 2 rings (SSSR count). The van der Waals surface area contributed by atoms with Crippen LogP contribution in [0.5, 0.6) is 0 Å². The van der Waals surface area contributed by atoms with Gasteiger partial charge in [0.15, 0.2) is 0 Å². The molecule has 1 saturated carbocycles. The fourth-order valence-electron chi connectivity index (χ4n) is 1.95. The third-order valence-corrected chi connectivity index (χ3v) is 3.54. The number of hydrogen-bond donors (Lipinski definition) is 1. The minimum Gasteiger partial charge on any atom is -0.446 e. The van der Waals surface area contributed by atoms with Crippen LogP contribution in [-0.4, -0.2) is 22.4 Å². The fraction of sp³-hybridized carbons (Fsp3) is 0.667. The normalized spacial score (nSPS) is 26.1. The highest BCUT2D eigenvalue weighted by atomic mass is 32.1. The van der Waals surface area contributed by atoms with Gasteiger partial charge in [-0.2, -0.15) is 0 Å². The Balaban J connectivity index is 1.84. The average Bonchev–Trinajstić information content (AvgIpc) is 2.71. The topological polar surface area (TPSA) is 78.1 Å². The van der Waals surface area contributed by atoms with Crippen molar-refractivity contribution in [2.24, 2.45) is 5.73 Å². The van der Waals surface area contributed by atoms with Gasteiger partial charge in [0, 0.05) is 5.92 Å². The zero-order valence-electron chi connectivity index (χ0n) is 8.26. The van der Waals surface area contributed by atoms with E-state index in [9.17, 15) is 4.79 Å². The van der Waals surface area contributed by atoms with Gasteiger partial charge < -0.3 is 10.5 Å². The molecule has 15 heavy (non-hydrogen) atoms. The minimum absolute atomic E-state index is 0.00771. The second kappa shape index (κ2) is 4.57. The quantitative estimate of drug-likeness (QED) is 0.833. The maximum Gasteiger partial charge on any atom is 0.404 e. The Labute approximate surface area is 91.6 Å². The van der Waals surface area contributed by atoms with Gasteiger partial charge in [-0.05, 0) is 25.7 Å². The van der Waals surface area contributed by atoms with E-state index in [0.29, 0.717) is 5.92 Å². The molecule has 1 aromatic rings. The zero-order valence-corrected chi connectivity index (χ0v) is 9.07. The second-order valence-corrected chi connectivity index (χ2v) is 4.55. The van der Waals surface area contributed by atoms with E-state index < -0.39 is 6.09 Å². The lowest BCUT2D eigenvalue weighted by Gasteiger charge is -2.26. The van der Waals surface area contributed by atoms with Gasteiger partial charge in [-0.25, -0.2) is 4.79 Å². The molecule has 0 unspecified atom stereocenters. The van der Waals surface area contributed by atoms with Gasteiger partial charge >= 0.3 is 6.09 Å². The zero-order chi connectivity index (χ0) is 10.7. The van der Waals surface area contributed by atoms with Crippen LogP contribution in [0.1, 0.15) is 36.6 Å². The van der Waals surface area contributed by atoms with Gasteiger partial charge in [0.2, 0.25) is 0 Å². The number of aromatic nitrogens is 2. The van der Waals surface area contributed by atoms with Crippen molar-refractivity contribution in [3.05, 3.63) is 10.5 Å². The largest absolute Gasteiger partial charge is 0.446 e. The Morgan fingerprint density at radius 3 is 2.73 bits per heavy atom. The molecule has 1 aromatic heterocycles. The summed E-state index contributed by atoms with van der Waals surface area (Å²) in [6.07, 6.45) is 3.04. The third kappa shape index (κ3) is 2.65. The smallest absolute Gasteiger partial charge is 0.404 e. The molecule has 0 radical (unpaired) electrons. The van der Waals surface area contributed by atoms with Crippen molar-refractivity contribution in [2.75, 3.05) is 0 Å². The van der Waals surface area contributed by atoms with Crippen molar-refractivity contribution >= 4 is 17.4 Å². The monoisotopic (exact) mass is 227 g/mol. The van der Waals surface area contributed by atoms with E-state index in [1.807, 2.05) is 0 Å². The first-order valence-electron chi connectivity index (χ1n) is 4.98. The van der Waals surface area contributed by atoms with Crippen molar-refractivity contribution < 1.29 is 9.53 Å². The summed E-state index contributed by atoms with van der Waals surface area (Å²) >= 11 is 1.59. The van der Waals surface area contributed by atoms with E-state index in [2.05, 4.69) is 10.2 Å². The van der Waals surface area contributed by atoms with Crippen LogP contribution in [0.25, 0.3) is 0 Å². The molecule has 0 bridgehead atoms. The fourth-order valence-corrected chi connectivity index (χ4v) is 2.68. The molecule has 1 amide bonds. The molecule has 0 aromatic carbocycles. The van der Waals surface area contributed by atoms with E-state index in [1.165, 1.54) is 0 Å². The van der Waals surface area contributed by atoms with Crippen molar-refractivity contribution in [1.29, 1.82) is 0 Å². The summed E-state index contributed by atoms with van der Waals surface area (Å²) in [7, 11) is 0. The molecule has 5 nitrogen and oxygen atoms in total. The Hall–Kier alpha value is -1.17. The summed E-state index contributed by atoms with van der Waals surface area (Å²) < 4.78 is 4.96.